The summed E-state index contributed by atoms with van der Waals surface area (Å²) in [5.74, 6) is 5.54. The summed E-state index contributed by atoms with van der Waals surface area (Å²) in [6, 6.07) is 0. The van der Waals surface area contributed by atoms with Crippen LogP contribution in [0.1, 0.15) is 105 Å². The van der Waals surface area contributed by atoms with E-state index in [4.69, 9.17) is 5.11 Å². The van der Waals surface area contributed by atoms with Crippen LogP contribution < -0.4 is 0 Å². The van der Waals surface area contributed by atoms with E-state index >= 15 is 0 Å². The van der Waals surface area contributed by atoms with Crippen molar-refractivity contribution in [3.8, 4) is 0 Å². The first-order chi connectivity index (χ1) is 13.4. The van der Waals surface area contributed by atoms with Crippen molar-refractivity contribution in [3.63, 3.8) is 0 Å². The predicted molar refractivity (Wildman–Crippen MR) is 117 cm³/mol. The maximum Gasteiger partial charge on any atom is 0.133 e. The molecule has 0 bridgehead atoms. The van der Waals surface area contributed by atoms with Gasteiger partial charge in [-0.2, -0.15) is 0 Å². The van der Waals surface area contributed by atoms with E-state index in [1.54, 1.807) is 0 Å². The lowest BCUT2D eigenvalue weighted by atomic mass is 9.41. The number of carbonyl (C=O) groups is 1. The second-order valence-electron chi connectivity index (χ2n) is 11.2. The molecule has 4 saturated carbocycles. The Labute approximate surface area is 174 Å². The first-order valence-electron chi connectivity index (χ1n) is 12.3. The third kappa shape index (κ3) is 3.61. The molecule has 0 aromatic carbocycles. The molecule has 8 atom stereocenters. The molecule has 2 nitrogen and oxygen atoms in total. The van der Waals surface area contributed by atoms with Gasteiger partial charge < -0.3 is 5.11 Å². The summed E-state index contributed by atoms with van der Waals surface area (Å²) in [4.78, 5) is 12.4. The monoisotopic (exact) mass is 390 g/mol. The van der Waals surface area contributed by atoms with E-state index in [-0.39, 0.29) is 0 Å². The summed E-state index contributed by atoms with van der Waals surface area (Å²) >= 11 is 0. The number of Topliss-reactive ketones (excluding diaryl/α,β-unsaturated/α-hetero) is 1. The molecule has 0 heterocycles. The van der Waals surface area contributed by atoms with Crippen molar-refractivity contribution in [1.82, 2.24) is 0 Å². The second-order valence-corrected chi connectivity index (χ2v) is 11.2. The van der Waals surface area contributed by atoms with Crippen LogP contribution in [0, 0.1) is 46.3 Å². The molecule has 162 valence electrons. The topological polar surface area (TPSA) is 37.3 Å². The van der Waals surface area contributed by atoms with Crippen LogP contribution in [-0.2, 0) is 4.79 Å². The van der Waals surface area contributed by atoms with Crippen LogP contribution in [0.2, 0.25) is 0 Å². The third-order valence-electron chi connectivity index (χ3n) is 10.2. The van der Waals surface area contributed by atoms with Crippen molar-refractivity contribution >= 4 is 5.78 Å². The zero-order valence-electron chi connectivity index (χ0n) is 19.3. The Morgan fingerprint density at radius 1 is 0.929 bits per heavy atom. The van der Waals surface area contributed by atoms with Crippen LogP contribution in [0.5, 0.6) is 0 Å². The lowest BCUT2D eigenvalue weighted by molar-refractivity contribution is -0.156. The molecule has 0 aromatic rings. The molecule has 1 N–H and O–H groups in total. The van der Waals surface area contributed by atoms with Crippen LogP contribution in [0.15, 0.2) is 0 Å². The van der Waals surface area contributed by atoms with Gasteiger partial charge in [-0.1, -0.05) is 40.0 Å². The molecular weight excluding hydrogens is 344 g/mol. The molecule has 4 rings (SSSR count). The molecule has 0 radical (unpaired) electrons. The molecule has 0 amide bonds. The fourth-order valence-corrected chi connectivity index (χ4v) is 8.88. The minimum Gasteiger partial charge on any atom is -0.400 e. The lowest BCUT2D eigenvalue weighted by Crippen LogP contribution is -2.56. The molecule has 0 aromatic heterocycles. The molecule has 2 heteroatoms. The van der Waals surface area contributed by atoms with E-state index in [9.17, 15) is 4.79 Å². The number of rotatable bonds is 3. The highest BCUT2D eigenvalue weighted by molar-refractivity contribution is 5.79. The van der Waals surface area contributed by atoms with Crippen molar-refractivity contribution in [2.24, 2.45) is 46.3 Å². The highest BCUT2D eigenvalue weighted by Crippen LogP contribution is 2.67. The molecule has 0 aliphatic heterocycles. The Kier molecular flexibility index (Phi) is 7.00. The van der Waals surface area contributed by atoms with Crippen molar-refractivity contribution < 1.29 is 9.90 Å². The van der Waals surface area contributed by atoms with E-state index in [0.717, 1.165) is 43.1 Å². The van der Waals surface area contributed by atoms with Gasteiger partial charge in [0.15, 0.2) is 0 Å². The summed E-state index contributed by atoms with van der Waals surface area (Å²) in [6.45, 7) is 9.43. The van der Waals surface area contributed by atoms with Gasteiger partial charge in [-0.15, -0.1) is 0 Å². The first kappa shape index (κ1) is 22.3. The normalized spacial score (nSPS) is 47.6. The smallest absolute Gasteiger partial charge is 0.133 e. The van der Waals surface area contributed by atoms with Crippen LogP contribution >= 0.6 is 0 Å². The molecule has 0 saturated heterocycles. The fourth-order valence-electron chi connectivity index (χ4n) is 8.88. The van der Waals surface area contributed by atoms with E-state index in [0.29, 0.717) is 22.5 Å². The Morgan fingerprint density at radius 3 is 2.29 bits per heavy atom. The number of aliphatic hydroxyl groups is 1. The van der Waals surface area contributed by atoms with Crippen molar-refractivity contribution in [2.75, 3.05) is 7.11 Å². The summed E-state index contributed by atoms with van der Waals surface area (Å²) in [6.07, 6.45) is 16.9. The number of hydrogen-bond donors (Lipinski definition) is 1. The van der Waals surface area contributed by atoms with Gasteiger partial charge in [-0.3, -0.25) is 4.79 Å². The largest absolute Gasteiger partial charge is 0.400 e. The number of aliphatic hydroxyl groups excluding tert-OH is 1. The molecular formula is C26H46O2. The van der Waals surface area contributed by atoms with Crippen molar-refractivity contribution in [2.45, 2.75) is 105 Å². The quantitative estimate of drug-likeness (QED) is 0.586. The third-order valence-corrected chi connectivity index (χ3v) is 10.2. The SMILES string of the molecule is CCCC1CCC2(C)C(CCC3C2CCC2(C)C(C(C)=O)CCCC32)C1.CO. The minimum atomic E-state index is 0.313. The Balaban J connectivity index is 0.00000109. The van der Waals surface area contributed by atoms with E-state index < -0.39 is 0 Å². The molecule has 4 fully saturated rings. The van der Waals surface area contributed by atoms with Gasteiger partial charge in [0.1, 0.15) is 5.78 Å². The summed E-state index contributed by atoms with van der Waals surface area (Å²) in [7, 11) is 1.00. The Hall–Kier alpha value is -0.370. The fraction of sp³-hybridized carbons (Fsp3) is 0.962. The first-order valence-corrected chi connectivity index (χ1v) is 12.3. The minimum absolute atomic E-state index is 0.313. The molecule has 8 unspecified atom stereocenters. The van der Waals surface area contributed by atoms with Gasteiger partial charge in [-0.25, -0.2) is 0 Å². The maximum absolute atomic E-state index is 12.4. The van der Waals surface area contributed by atoms with E-state index in [1.807, 2.05) is 6.92 Å². The predicted octanol–water partition coefficient (Wildman–Crippen LogP) is 6.65. The number of hydrogen-bond acceptors (Lipinski definition) is 2. The zero-order chi connectivity index (χ0) is 20.5. The number of carbonyl (C=O) groups excluding carboxylic acids is 1. The zero-order valence-corrected chi connectivity index (χ0v) is 19.3. The highest BCUT2D eigenvalue weighted by Gasteiger charge is 2.59. The van der Waals surface area contributed by atoms with E-state index in [1.165, 1.54) is 70.6 Å². The van der Waals surface area contributed by atoms with Crippen LogP contribution in [-0.4, -0.2) is 18.0 Å². The van der Waals surface area contributed by atoms with Crippen LogP contribution in [0.4, 0.5) is 0 Å². The van der Waals surface area contributed by atoms with Gasteiger partial charge in [0, 0.05) is 13.0 Å². The molecule has 4 aliphatic rings. The standard InChI is InChI=1S/C25H42O.CH4O/c1-5-7-18-12-14-24(3)19(16-18)10-11-20-22-9-6-8-21(17(2)26)25(22,4)15-13-23(20)24;1-2/h18-23H,5-16H2,1-4H3;2H,1H3. The molecule has 4 aliphatic carbocycles. The average molecular weight is 391 g/mol. The number of ketones is 1. The van der Waals surface area contributed by atoms with Gasteiger partial charge in [0.25, 0.3) is 0 Å². The van der Waals surface area contributed by atoms with Gasteiger partial charge in [-0.05, 0) is 105 Å². The summed E-state index contributed by atoms with van der Waals surface area (Å²) < 4.78 is 0. The molecule has 0 spiro atoms. The molecule has 28 heavy (non-hydrogen) atoms. The average Bonchev–Trinajstić information content (AvgIpc) is 2.68. The van der Waals surface area contributed by atoms with Gasteiger partial charge >= 0.3 is 0 Å². The number of fused-ring (bicyclic) bond motifs is 5. The van der Waals surface area contributed by atoms with Gasteiger partial charge in [0.05, 0.1) is 0 Å². The van der Waals surface area contributed by atoms with Crippen molar-refractivity contribution in [3.05, 3.63) is 0 Å². The maximum atomic E-state index is 12.4. The van der Waals surface area contributed by atoms with Crippen LogP contribution in [0.25, 0.3) is 0 Å². The van der Waals surface area contributed by atoms with E-state index in [2.05, 4.69) is 20.8 Å². The second kappa shape index (κ2) is 8.78. The van der Waals surface area contributed by atoms with Gasteiger partial charge in [0.2, 0.25) is 0 Å². The van der Waals surface area contributed by atoms with Crippen LogP contribution in [0.3, 0.4) is 0 Å². The highest BCUT2D eigenvalue weighted by atomic mass is 16.2. The Morgan fingerprint density at radius 2 is 1.61 bits per heavy atom. The lowest BCUT2D eigenvalue weighted by Gasteiger charge is -2.64. The summed E-state index contributed by atoms with van der Waals surface area (Å²) in [5, 5.41) is 7.00. The summed E-state index contributed by atoms with van der Waals surface area (Å²) in [5.41, 5.74) is 0.922. The Bertz CT molecular complexity index is 543. The van der Waals surface area contributed by atoms with Crippen molar-refractivity contribution in [1.29, 1.82) is 0 Å².